The second kappa shape index (κ2) is 8.04. The molecule has 1 atom stereocenters. The maximum Gasteiger partial charge on any atom is 0.137 e. The molecule has 2 heterocycles. The van der Waals surface area contributed by atoms with Crippen LogP contribution in [-0.4, -0.2) is 25.9 Å². The number of benzene rings is 1. The van der Waals surface area contributed by atoms with Crippen LogP contribution in [0.2, 0.25) is 10.2 Å². The molecule has 5 nitrogen and oxygen atoms in total. The number of nitrogens with one attached hydrogen (secondary N) is 1. The van der Waals surface area contributed by atoms with Gasteiger partial charge in [0.15, 0.2) is 0 Å². The summed E-state index contributed by atoms with van der Waals surface area (Å²) in [6.07, 6.45) is 5.62. The molecule has 25 heavy (non-hydrogen) atoms. The van der Waals surface area contributed by atoms with Gasteiger partial charge < -0.3 is 9.88 Å². The molecule has 7 heteroatoms. The van der Waals surface area contributed by atoms with Gasteiger partial charge in [0, 0.05) is 36.1 Å². The van der Waals surface area contributed by atoms with Crippen LogP contribution < -0.4 is 5.32 Å². The van der Waals surface area contributed by atoms with Crippen LogP contribution in [0.3, 0.4) is 0 Å². The van der Waals surface area contributed by atoms with Crippen molar-refractivity contribution in [2.24, 2.45) is 5.92 Å². The monoisotopic (exact) mass is 377 g/mol. The molecule has 0 aliphatic rings. The molecular formula is C18H21Cl2N5. The highest BCUT2D eigenvalue weighted by Crippen LogP contribution is 2.24. The Bertz CT molecular complexity index is 826. The molecule has 0 spiro atoms. The standard InChI is InChI=1S/C18H21Cl2N5/c1-13(11-24-7-6-21-12-24)9-22-10-17-14(2)23-25(18(17)20)16-5-3-4-15(19)8-16/h3-8,12-13,22H,9-11H2,1-2H3. The first kappa shape index (κ1) is 18.0. The van der Waals surface area contributed by atoms with E-state index in [0.29, 0.717) is 22.6 Å². The molecule has 0 amide bonds. The molecular weight excluding hydrogens is 357 g/mol. The number of halogens is 2. The van der Waals surface area contributed by atoms with Gasteiger partial charge in [0.05, 0.1) is 17.7 Å². The highest BCUT2D eigenvalue weighted by Gasteiger charge is 2.15. The third kappa shape index (κ3) is 4.42. The third-order valence-corrected chi connectivity index (χ3v) is 4.67. The van der Waals surface area contributed by atoms with E-state index in [1.807, 2.05) is 43.7 Å². The number of rotatable bonds is 7. The van der Waals surface area contributed by atoms with E-state index < -0.39 is 0 Å². The zero-order valence-corrected chi connectivity index (χ0v) is 15.8. The molecule has 1 aromatic carbocycles. The van der Waals surface area contributed by atoms with Crippen molar-refractivity contribution in [1.29, 1.82) is 0 Å². The van der Waals surface area contributed by atoms with Crippen molar-refractivity contribution in [2.75, 3.05) is 6.54 Å². The van der Waals surface area contributed by atoms with Gasteiger partial charge in [-0.3, -0.25) is 0 Å². The zero-order valence-electron chi connectivity index (χ0n) is 14.3. The van der Waals surface area contributed by atoms with Gasteiger partial charge in [-0.15, -0.1) is 0 Å². The van der Waals surface area contributed by atoms with Crippen LogP contribution >= 0.6 is 23.2 Å². The van der Waals surface area contributed by atoms with E-state index in [9.17, 15) is 0 Å². The number of nitrogens with zero attached hydrogens (tertiary/aromatic N) is 4. The molecule has 0 aliphatic carbocycles. The fourth-order valence-electron chi connectivity index (χ4n) is 2.77. The molecule has 0 bridgehead atoms. The fourth-order valence-corrected chi connectivity index (χ4v) is 3.30. The lowest BCUT2D eigenvalue weighted by atomic mass is 10.1. The summed E-state index contributed by atoms with van der Waals surface area (Å²) in [4.78, 5) is 4.07. The van der Waals surface area contributed by atoms with Crippen molar-refractivity contribution in [2.45, 2.75) is 26.9 Å². The Morgan fingerprint density at radius 1 is 1.28 bits per heavy atom. The summed E-state index contributed by atoms with van der Waals surface area (Å²) in [6, 6.07) is 7.51. The van der Waals surface area contributed by atoms with Crippen molar-refractivity contribution in [1.82, 2.24) is 24.6 Å². The maximum absolute atomic E-state index is 6.55. The van der Waals surface area contributed by atoms with E-state index in [1.54, 1.807) is 10.9 Å². The summed E-state index contributed by atoms with van der Waals surface area (Å²) in [5, 5.41) is 9.31. The molecule has 0 saturated carbocycles. The lowest BCUT2D eigenvalue weighted by molar-refractivity contribution is 0.445. The number of hydrogen-bond donors (Lipinski definition) is 1. The fraction of sp³-hybridized carbons (Fsp3) is 0.333. The first-order valence-corrected chi connectivity index (χ1v) is 8.96. The van der Waals surface area contributed by atoms with Gasteiger partial charge in [0.1, 0.15) is 5.15 Å². The number of hydrogen-bond acceptors (Lipinski definition) is 3. The second-order valence-electron chi connectivity index (χ2n) is 6.24. The lowest BCUT2D eigenvalue weighted by Gasteiger charge is -2.13. The SMILES string of the molecule is Cc1nn(-c2cccc(Cl)c2)c(Cl)c1CNCC(C)Cn1ccnc1. The molecule has 0 saturated heterocycles. The minimum absolute atomic E-state index is 0.483. The lowest BCUT2D eigenvalue weighted by Crippen LogP contribution is -2.23. The summed E-state index contributed by atoms with van der Waals surface area (Å²) >= 11 is 12.6. The molecule has 1 unspecified atom stereocenters. The summed E-state index contributed by atoms with van der Waals surface area (Å²) in [5.41, 5.74) is 2.79. The van der Waals surface area contributed by atoms with E-state index in [2.05, 4.69) is 26.9 Å². The van der Waals surface area contributed by atoms with Gasteiger partial charge in [-0.1, -0.05) is 36.2 Å². The van der Waals surface area contributed by atoms with Crippen LogP contribution in [0.25, 0.3) is 5.69 Å². The Hall–Kier alpha value is -1.82. The predicted molar refractivity (Wildman–Crippen MR) is 101 cm³/mol. The van der Waals surface area contributed by atoms with Crippen LogP contribution in [-0.2, 0) is 13.1 Å². The van der Waals surface area contributed by atoms with Gasteiger partial charge in [-0.2, -0.15) is 5.10 Å². The van der Waals surface area contributed by atoms with E-state index in [1.165, 1.54) is 0 Å². The topological polar surface area (TPSA) is 47.7 Å². The predicted octanol–water partition coefficient (Wildman–Crippen LogP) is 4.11. The molecule has 2 aromatic heterocycles. The first-order chi connectivity index (χ1) is 12.0. The van der Waals surface area contributed by atoms with E-state index in [0.717, 1.165) is 30.0 Å². The minimum Gasteiger partial charge on any atom is -0.337 e. The number of aromatic nitrogens is 4. The Kier molecular flexibility index (Phi) is 5.78. The second-order valence-corrected chi connectivity index (χ2v) is 7.04. The van der Waals surface area contributed by atoms with Crippen molar-refractivity contribution < 1.29 is 0 Å². The average Bonchev–Trinajstić information content (AvgIpc) is 3.17. The summed E-state index contributed by atoms with van der Waals surface area (Å²) < 4.78 is 3.82. The van der Waals surface area contributed by atoms with Crippen LogP contribution in [0.5, 0.6) is 0 Å². The van der Waals surface area contributed by atoms with E-state index >= 15 is 0 Å². The van der Waals surface area contributed by atoms with E-state index in [4.69, 9.17) is 23.2 Å². The zero-order chi connectivity index (χ0) is 17.8. The molecule has 3 rings (SSSR count). The highest BCUT2D eigenvalue weighted by atomic mass is 35.5. The van der Waals surface area contributed by atoms with Crippen LogP contribution in [0.15, 0.2) is 43.0 Å². The third-order valence-electron chi connectivity index (χ3n) is 4.05. The van der Waals surface area contributed by atoms with Gasteiger partial charge in [0.2, 0.25) is 0 Å². The largest absolute Gasteiger partial charge is 0.337 e. The Balaban J connectivity index is 1.63. The Morgan fingerprint density at radius 2 is 2.12 bits per heavy atom. The molecule has 132 valence electrons. The number of aryl methyl sites for hydroxylation is 1. The van der Waals surface area contributed by atoms with Crippen molar-refractivity contribution in [3.05, 3.63) is 64.4 Å². The van der Waals surface area contributed by atoms with Crippen molar-refractivity contribution >= 4 is 23.2 Å². The molecule has 0 aliphatic heterocycles. The van der Waals surface area contributed by atoms with E-state index in [-0.39, 0.29) is 0 Å². The molecule has 3 aromatic rings. The Morgan fingerprint density at radius 3 is 2.84 bits per heavy atom. The van der Waals surface area contributed by atoms with Crippen molar-refractivity contribution in [3.63, 3.8) is 0 Å². The number of imidazole rings is 1. The normalized spacial score (nSPS) is 12.5. The molecule has 0 radical (unpaired) electrons. The van der Waals surface area contributed by atoms with Gasteiger partial charge in [-0.05, 0) is 37.6 Å². The van der Waals surface area contributed by atoms with Crippen LogP contribution in [0, 0.1) is 12.8 Å². The summed E-state index contributed by atoms with van der Waals surface area (Å²) in [5.74, 6) is 0.483. The summed E-state index contributed by atoms with van der Waals surface area (Å²) in [7, 11) is 0. The molecule has 0 fully saturated rings. The Labute approximate surface area is 157 Å². The van der Waals surface area contributed by atoms with Gasteiger partial charge in [-0.25, -0.2) is 9.67 Å². The van der Waals surface area contributed by atoms with Crippen LogP contribution in [0.4, 0.5) is 0 Å². The van der Waals surface area contributed by atoms with Crippen molar-refractivity contribution in [3.8, 4) is 5.69 Å². The van der Waals surface area contributed by atoms with Gasteiger partial charge >= 0.3 is 0 Å². The first-order valence-electron chi connectivity index (χ1n) is 8.21. The molecule has 1 N–H and O–H groups in total. The highest BCUT2D eigenvalue weighted by molar-refractivity contribution is 6.31. The van der Waals surface area contributed by atoms with Gasteiger partial charge in [0.25, 0.3) is 0 Å². The average molecular weight is 378 g/mol. The maximum atomic E-state index is 6.55. The summed E-state index contributed by atoms with van der Waals surface area (Å²) in [6.45, 7) is 6.67. The minimum atomic E-state index is 0.483. The van der Waals surface area contributed by atoms with Crippen LogP contribution in [0.1, 0.15) is 18.2 Å². The smallest absolute Gasteiger partial charge is 0.137 e. The quantitative estimate of drug-likeness (QED) is 0.673.